The second-order valence-corrected chi connectivity index (χ2v) is 5.74. The van der Waals surface area contributed by atoms with Crippen LogP contribution >= 0.6 is 0 Å². The normalized spacial score (nSPS) is 14.2. The number of aliphatic carboxylic acids is 1. The van der Waals surface area contributed by atoms with Crippen LogP contribution in [-0.2, 0) is 11.2 Å². The molecule has 0 atom stereocenters. The summed E-state index contributed by atoms with van der Waals surface area (Å²) in [6.45, 7) is 1.19. The molecule has 1 N–H and O–H groups in total. The number of aromatic nitrogens is 1. The number of hydrogen-bond acceptors (Lipinski definition) is 3. The summed E-state index contributed by atoms with van der Waals surface area (Å²) in [5.41, 5.74) is 3.56. The summed E-state index contributed by atoms with van der Waals surface area (Å²) in [5.74, 6) is -0.851. The Morgan fingerprint density at radius 1 is 1.21 bits per heavy atom. The van der Waals surface area contributed by atoms with Crippen molar-refractivity contribution in [2.24, 2.45) is 0 Å². The van der Waals surface area contributed by atoms with E-state index >= 15 is 0 Å². The van der Waals surface area contributed by atoms with E-state index in [0.717, 1.165) is 23.1 Å². The maximum Gasteiger partial charge on any atom is 0.307 e. The molecule has 3 rings (SSSR count). The van der Waals surface area contributed by atoms with Gasteiger partial charge in [-0.1, -0.05) is 30.3 Å². The van der Waals surface area contributed by atoms with Crippen molar-refractivity contribution >= 4 is 17.4 Å². The third-order valence-electron chi connectivity index (χ3n) is 4.06. The maximum absolute atomic E-state index is 12.4. The van der Waals surface area contributed by atoms with Gasteiger partial charge in [-0.15, -0.1) is 0 Å². The minimum atomic E-state index is -0.835. The van der Waals surface area contributed by atoms with Crippen LogP contribution in [0.3, 0.4) is 0 Å². The Morgan fingerprint density at radius 3 is 2.75 bits per heavy atom. The van der Waals surface area contributed by atoms with Crippen molar-refractivity contribution in [2.45, 2.75) is 12.8 Å². The number of amides is 1. The van der Waals surface area contributed by atoms with Gasteiger partial charge in [-0.05, 0) is 35.3 Å². The standard InChI is InChI=1S/C19H18N2O3/c22-18(23)12-14-3-1-4-16(11-14)15-6-9-21(10-7-15)19(24)17-5-2-8-20-13-17/h1-6,8,11,13H,7,9-10,12H2,(H,22,23). The first-order valence-corrected chi connectivity index (χ1v) is 7.83. The van der Waals surface area contributed by atoms with Crippen LogP contribution in [0.4, 0.5) is 0 Å². The molecule has 1 aromatic heterocycles. The summed E-state index contributed by atoms with van der Waals surface area (Å²) >= 11 is 0. The summed E-state index contributed by atoms with van der Waals surface area (Å²) in [7, 11) is 0. The van der Waals surface area contributed by atoms with Crippen molar-refractivity contribution in [3.63, 3.8) is 0 Å². The number of benzene rings is 1. The first-order valence-electron chi connectivity index (χ1n) is 7.83. The number of pyridine rings is 1. The molecule has 0 spiro atoms. The highest BCUT2D eigenvalue weighted by Gasteiger charge is 2.19. The first kappa shape index (κ1) is 15.9. The molecule has 1 aliphatic rings. The molecule has 1 amide bonds. The third-order valence-corrected chi connectivity index (χ3v) is 4.06. The van der Waals surface area contributed by atoms with Crippen molar-refractivity contribution in [2.75, 3.05) is 13.1 Å². The molecule has 5 nitrogen and oxygen atoms in total. The smallest absolute Gasteiger partial charge is 0.307 e. The van der Waals surface area contributed by atoms with Crippen LogP contribution in [0.15, 0.2) is 54.9 Å². The van der Waals surface area contributed by atoms with Gasteiger partial charge in [-0.25, -0.2) is 0 Å². The quantitative estimate of drug-likeness (QED) is 0.939. The predicted molar refractivity (Wildman–Crippen MR) is 90.5 cm³/mol. The maximum atomic E-state index is 12.4. The Balaban J connectivity index is 1.71. The van der Waals surface area contributed by atoms with Crippen molar-refractivity contribution in [3.05, 3.63) is 71.6 Å². The fraction of sp³-hybridized carbons (Fsp3) is 0.211. The zero-order valence-electron chi connectivity index (χ0n) is 13.2. The van der Waals surface area contributed by atoms with Gasteiger partial charge in [-0.2, -0.15) is 0 Å². The summed E-state index contributed by atoms with van der Waals surface area (Å²) in [5, 5.41) is 8.91. The highest BCUT2D eigenvalue weighted by atomic mass is 16.4. The van der Waals surface area contributed by atoms with Crippen molar-refractivity contribution < 1.29 is 14.7 Å². The number of hydrogen-bond donors (Lipinski definition) is 1. The zero-order chi connectivity index (χ0) is 16.9. The number of rotatable bonds is 4. The lowest BCUT2D eigenvalue weighted by Crippen LogP contribution is -2.34. The van der Waals surface area contributed by atoms with Gasteiger partial charge in [0.15, 0.2) is 0 Å². The summed E-state index contributed by atoms with van der Waals surface area (Å²) in [6.07, 6.45) is 6.04. The SMILES string of the molecule is O=C(O)Cc1cccc(C2=CCN(C(=O)c3cccnc3)CC2)c1. The van der Waals surface area contributed by atoms with E-state index in [1.54, 1.807) is 29.4 Å². The van der Waals surface area contributed by atoms with Gasteiger partial charge in [-0.3, -0.25) is 14.6 Å². The van der Waals surface area contributed by atoms with Crippen LogP contribution < -0.4 is 0 Å². The molecule has 0 bridgehead atoms. The van der Waals surface area contributed by atoms with Crippen LogP contribution in [0.1, 0.15) is 27.9 Å². The Hall–Kier alpha value is -2.95. The molecule has 122 valence electrons. The fourth-order valence-electron chi connectivity index (χ4n) is 2.84. The average molecular weight is 322 g/mol. The van der Waals surface area contributed by atoms with E-state index in [2.05, 4.69) is 4.98 Å². The van der Waals surface area contributed by atoms with Crippen LogP contribution in [0.25, 0.3) is 5.57 Å². The van der Waals surface area contributed by atoms with Crippen LogP contribution in [-0.4, -0.2) is 40.0 Å². The lowest BCUT2D eigenvalue weighted by atomic mass is 9.97. The number of carbonyl (C=O) groups is 2. The van der Waals surface area contributed by atoms with E-state index in [4.69, 9.17) is 5.11 Å². The molecule has 5 heteroatoms. The molecule has 1 aromatic carbocycles. The van der Waals surface area contributed by atoms with E-state index in [-0.39, 0.29) is 12.3 Å². The molecule has 2 aromatic rings. The highest BCUT2D eigenvalue weighted by Crippen LogP contribution is 2.24. The average Bonchev–Trinajstić information content (AvgIpc) is 2.62. The fourth-order valence-corrected chi connectivity index (χ4v) is 2.84. The lowest BCUT2D eigenvalue weighted by molar-refractivity contribution is -0.136. The van der Waals surface area contributed by atoms with E-state index in [0.29, 0.717) is 18.7 Å². The lowest BCUT2D eigenvalue weighted by Gasteiger charge is -2.26. The number of nitrogens with zero attached hydrogens (tertiary/aromatic N) is 2. The zero-order valence-corrected chi connectivity index (χ0v) is 13.2. The minimum absolute atomic E-state index is 0.0157. The molecule has 0 unspecified atom stereocenters. The second kappa shape index (κ2) is 7.08. The summed E-state index contributed by atoms with van der Waals surface area (Å²) in [6, 6.07) is 11.1. The van der Waals surface area contributed by atoms with E-state index in [1.807, 2.05) is 30.3 Å². The molecule has 0 radical (unpaired) electrons. The van der Waals surface area contributed by atoms with Gasteiger partial charge < -0.3 is 10.0 Å². The Morgan fingerprint density at radius 2 is 2.08 bits per heavy atom. The largest absolute Gasteiger partial charge is 0.481 e. The second-order valence-electron chi connectivity index (χ2n) is 5.74. The van der Waals surface area contributed by atoms with Gasteiger partial charge in [0, 0.05) is 25.5 Å². The van der Waals surface area contributed by atoms with Crippen molar-refractivity contribution in [3.8, 4) is 0 Å². The first-order chi connectivity index (χ1) is 11.6. The van der Waals surface area contributed by atoms with Gasteiger partial charge in [0.05, 0.1) is 12.0 Å². The van der Waals surface area contributed by atoms with Crippen molar-refractivity contribution in [1.82, 2.24) is 9.88 Å². The molecule has 24 heavy (non-hydrogen) atoms. The number of carbonyl (C=O) groups excluding carboxylic acids is 1. The monoisotopic (exact) mass is 322 g/mol. The topological polar surface area (TPSA) is 70.5 Å². The molecule has 1 aliphatic heterocycles. The molecule has 0 aliphatic carbocycles. The van der Waals surface area contributed by atoms with Gasteiger partial charge in [0.2, 0.25) is 0 Å². The van der Waals surface area contributed by atoms with Gasteiger partial charge in [0.1, 0.15) is 0 Å². The summed E-state index contributed by atoms with van der Waals surface area (Å²) < 4.78 is 0. The van der Waals surface area contributed by atoms with Crippen LogP contribution in [0.5, 0.6) is 0 Å². The van der Waals surface area contributed by atoms with Gasteiger partial charge in [0.25, 0.3) is 5.91 Å². The highest BCUT2D eigenvalue weighted by molar-refractivity contribution is 5.94. The number of carboxylic acid groups (broad SMARTS) is 1. The predicted octanol–water partition coefficient (Wildman–Crippen LogP) is 2.64. The minimum Gasteiger partial charge on any atom is -0.481 e. The summed E-state index contributed by atoms with van der Waals surface area (Å²) in [4.78, 5) is 29.0. The van der Waals surface area contributed by atoms with Gasteiger partial charge >= 0.3 is 5.97 Å². The van der Waals surface area contributed by atoms with E-state index in [1.165, 1.54) is 0 Å². The van der Waals surface area contributed by atoms with Crippen molar-refractivity contribution in [1.29, 1.82) is 0 Å². The van der Waals surface area contributed by atoms with E-state index < -0.39 is 5.97 Å². The van der Waals surface area contributed by atoms with E-state index in [9.17, 15) is 9.59 Å². The molecular weight excluding hydrogens is 304 g/mol. The molecular formula is C19H18N2O3. The molecule has 0 saturated heterocycles. The Kier molecular flexibility index (Phi) is 4.70. The molecule has 0 fully saturated rings. The molecule has 2 heterocycles. The third kappa shape index (κ3) is 3.68. The van der Waals surface area contributed by atoms with Crippen LogP contribution in [0.2, 0.25) is 0 Å². The van der Waals surface area contributed by atoms with Crippen LogP contribution in [0, 0.1) is 0 Å². The Labute approximate surface area is 140 Å². The number of carboxylic acids is 1. The molecule has 0 saturated carbocycles. The Bertz CT molecular complexity index is 784.